The van der Waals surface area contributed by atoms with Crippen molar-refractivity contribution in [3.63, 3.8) is 0 Å². The summed E-state index contributed by atoms with van der Waals surface area (Å²) in [5.74, 6) is -0.0233. The van der Waals surface area contributed by atoms with Crippen LogP contribution in [0, 0.1) is 0 Å². The van der Waals surface area contributed by atoms with Crippen LogP contribution >= 0.6 is 0 Å². The van der Waals surface area contributed by atoms with E-state index in [4.69, 9.17) is 9.47 Å². The first kappa shape index (κ1) is 22.3. The molecule has 0 radical (unpaired) electrons. The summed E-state index contributed by atoms with van der Waals surface area (Å²) in [6.45, 7) is 5.31. The molecule has 8 nitrogen and oxygen atoms in total. The Balaban J connectivity index is 1.23. The van der Waals surface area contributed by atoms with Gasteiger partial charge in [0.05, 0.1) is 6.10 Å². The maximum Gasteiger partial charge on any atom is 0.255 e. The molecule has 3 atom stereocenters. The minimum absolute atomic E-state index is 0.148. The van der Waals surface area contributed by atoms with Gasteiger partial charge in [-0.3, -0.25) is 24.6 Å². The van der Waals surface area contributed by atoms with Gasteiger partial charge in [0.1, 0.15) is 17.9 Å². The second-order valence-corrected chi connectivity index (χ2v) is 9.56. The molecule has 3 heterocycles. The summed E-state index contributed by atoms with van der Waals surface area (Å²) >= 11 is 0. The van der Waals surface area contributed by atoms with Crippen molar-refractivity contribution in [3.8, 4) is 5.75 Å². The summed E-state index contributed by atoms with van der Waals surface area (Å²) < 4.78 is 12.3. The van der Waals surface area contributed by atoms with E-state index in [2.05, 4.69) is 17.1 Å². The minimum atomic E-state index is -0.592. The fraction of sp³-hybridized carbons (Fsp3) is 0.640. The highest BCUT2D eigenvalue weighted by atomic mass is 16.5. The number of imide groups is 1. The number of hydrogen-bond acceptors (Lipinski definition) is 6. The molecular formula is C25H33N3O5. The van der Waals surface area contributed by atoms with Crippen molar-refractivity contribution in [3.05, 3.63) is 29.3 Å². The minimum Gasteiger partial charge on any atom is -0.489 e. The monoisotopic (exact) mass is 455 g/mol. The van der Waals surface area contributed by atoms with Gasteiger partial charge >= 0.3 is 0 Å². The average Bonchev–Trinajstić information content (AvgIpc) is 3.39. The van der Waals surface area contributed by atoms with E-state index < -0.39 is 6.04 Å². The van der Waals surface area contributed by atoms with Crippen molar-refractivity contribution in [2.75, 3.05) is 19.7 Å². The SMILES string of the molecule is CCOC1CCN([C@@H]2CCC[C@@H]2Oc2ccc3c(c2)CN(C2CCC(=O)NC2=O)C3=O)CC1. The molecule has 4 aliphatic rings. The zero-order valence-electron chi connectivity index (χ0n) is 19.3. The van der Waals surface area contributed by atoms with Gasteiger partial charge < -0.3 is 14.4 Å². The Bertz CT molecular complexity index is 927. The third-order valence-electron chi connectivity index (χ3n) is 7.55. The van der Waals surface area contributed by atoms with Crippen molar-refractivity contribution < 1.29 is 23.9 Å². The van der Waals surface area contributed by atoms with Gasteiger partial charge in [-0.05, 0) is 69.2 Å². The normalized spacial score (nSPS) is 28.8. The Morgan fingerprint density at radius 3 is 2.64 bits per heavy atom. The van der Waals surface area contributed by atoms with Crippen LogP contribution in [-0.2, 0) is 20.9 Å². The molecule has 3 aliphatic heterocycles. The van der Waals surface area contributed by atoms with E-state index in [1.54, 1.807) is 4.90 Å². The van der Waals surface area contributed by atoms with Crippen molar-refractivity contribution in [2.45, 2.75) is 82.7 Å². The highest BCUT2D eigenvalue weighted by Crippen LogP contribution is 2.34. The quantitative estimate of drug-likeness (QED) is 0.662. The van der Waals surface area contributed by atoms with Crippen LogP contribution in [0.4, 0.5) is 0 Å². The van der Waals surface area contributed by atoms with Crippen molar-refractivity contribution in [1.82, 2.24) is 15.1 Å². The highest BCUT2D eigenvalue weighted by Gasteiger charge is 2.40. The largest absolute Gasteiger partial charge is 0.489 e. The second-order valence-electron chi connectivity index (χ2n) is 9.56. The zero-order chi connectivity index (χ0) is 22.9. The molecule has 0 bridgehead atoms. The predicted molar refractivity (Wildman–Crippen MR) is 121 cm³/mol. The van der Waals surface area contributed by atoms with Crippen LogP contribution in [0.3, 0.4) is 0 Å². The summed E-state index contributed by atoms with van der Waals surface area (Å²) in [7, 11) is 0. The molecule has 178 valence electrons. The van der Waals surface area contributed by atoms with Crippen molar-refractivity contribution in [1.29, 1.82) is 0 Å². The molecule has 1 aliphatic carbocycles. The van der Waals surface area contributed by atoms with Crippen LogP contribution < -0.4 is 10.1 Å². The van der Waals surface area contributed by atoms with Crippen LogP contribution in [0.1, 0.15) is 67.8 Å². The van der Waals surface area contributed by atoms with E-state index in [1.165, 1.54) is 0 Å². The number of piperidine rings is 2. The molecule has 2 saturated heterocycles. The number of hydrogen-bond donors (Lipinski definition) is 1. The van der Waals surface area contributed by atoms with Gasteiger partial charge in [0.25, 0.3) is 5.91 Å². The Hall–Kier alpha value is -2.45. The number of likely N-dealkylation sites (tertiary alicyclic amines) is 1. The van der Waals surface area contributed by atoms with Gasteiger partial charge in [-0.15, -0.1) is 0 Å². The van der Waals surface area contributed by atoms with Gasteiger partial charge in [0.15, 0.2) is 0 Å². The Kier molecular flexibility index (Phi) is 6.38. The second kappa shape index (κ2) is 9.43. The van der Waals surface area contributed by atoms with Crippen LogP contribution in [0.5, 0.6) is 5.75 Å². The summed E-state index contributed by atoms with van der Waals surface area (Å²) in [4.78, 5) is 40.8. The number of fused-ring (bicyclic) bond motifs is 1. The lowest BCUT2D eigenvalue weighted by atomic mass is 10.0. The molecular weight excluding hydrogens is 422 g/mol. The van der Waals surface area contributed by atoms with E-state index in [0.29, 0.717) is 30.7 Å². The first-order chi connectivity index (χ1) is 16.0. The smallest absolute Gasteiger partial charge is 0.255 e. The van der Waals surface area contributed by atoms with Crippen molar-refractivity contribution in [2.24, 2.45) is 0 Å². The van der Waals surface area contributed by atoms with E-state index in [-0.39, 0.29) is 30.2 Å². The van der Waals surface area contributed by atoms with E-state index in [0.717, 1.165) is 63.1 Å². The zero-order valence-corrected chi connectivity index (χ0v) is 19.3. The van der Waals surface area contributed by atoms with Crippen LogP contribution in [0.15, 0.2) is 18.2 Å². The van der Waals surface area contributed by atoms with Gasteiger partial charge in [-0.2, -0.15) is 0 Å². The van der Waals surface area contributed by atoms with Gasteiger partial charge in [-0.1, -0.05) is 0 Å². The molecule has 33 heavy (non-hydrogen) atoms. The summed E-state index contributed by atoms with van der Waals surface area (Å²) in [5, 5.41) is 2.35. The fourth-order valence-corrected chi connectivity index (χ4v) is 5.87. The average molecular weight is 456 g/mol. The van der Waals surface area contributed by atoms with Crippen LogP contribution in [-0.4, -0.2) is 71.5 Å². The predicted octanol–water partition coefficient (Wildman–Crippen LogP) is 2.25. The fourth-order valence-electron chi connectivity index (χ4n) is 5.87. The number of benzene rings is 1. The molecule has 1 saturated carbocycles. The third-order valence-corrected chi connectivity index (χ3v) is 7.55. The van der Waals surface area contributed by atoms with Gasteiger partial charge in [0.2, 0.25) is 11.8 Å². The maximum atomic E-state index is 12.9. The number of rotatable bonds is 6. The van der Waals surface area contributed by atoms with E-state index in [9.17, 15) is 14.4 Å². The summed E-state index contributed by atoms with van der Waals surface area (Å²) in [6, 6.07) is 5.47. The van der Waals surface area contributed by atoms with Crippen LogP contribution in [0.25, 0.3) is 0 Å². The van der Waals surface area contributed by atoms with E-state index >= 15 is 0 Å². The molecule has 0 aromatic heterocycles. The number of ether oxygens (including phenoxy) is 2. The molecule has 1 unspecified atom stereocenters. The third kappa shape index (κ3) is 4.51. The van der Waals surface area contributed by atoms with Gasteiger partial charge in [0, 0.05) is 44.3 Å². The number of amides is 3. The molecule has 1 aromatic carbocycles. The highest BCUT2D eigenvalue weighted by molar-refractivity contribution is 6.05. The van der Waals surface area contributed by atoms with Crippen molar-refractivity contribution >= 4 is 17.7 Å². The lowest BCUT2D eigenvalue weighted by molar-refractivity contribution is -0.136. The standard InChI is InChI=1S/C25H33N3O5/c1-2-32-17-10-12-27(13-11-17)20-4-3-5-22(20)33-18-6-7-19-16(14-18)15-28(25(19)31)21-8-9-23(29)26-24(21)30/h6-7,14,17,20-22H,2-5,8-13,15H2,1H3,(H,26,29,30)/t20-,21?,22+/m1/s1. The lowest BCUT2D eigenvalue weighted by Gasteiger charge is -2.38. The number of carbonyl (C=O) groups is 3. The summed E-state index contributed by atoms with van der Waals surface area (Å²) in [6.07, 6.45) is 6.66. The first-order valence-corrected chi connectivity index (χ1v) is 12.3. The number of nitrogens with one attached hydrogen (secondary N) is 1. The Labute approximate surface area is 194 Å². The topological polar surface area (TPSA) is 88.2 Å². The Morgan fingerprint density at radius 2 is 1.88 bits per heavy atom. The molecule has 5 rings (SSSR count). The molecule has 1 N–H and O–H groups in total. The van der Waals surface area contributed by atoms with E-state index in [1.807, 2.05) is 18.2 Å². The number of carbonyl (C=O) groups excluding carboxylic acids is 3. The molecule has 3 amide bonds. The summed E-state index contributed by atoms with van der Waals surface area (Å²) in [5.41, 5.74) is 1.50. The molecule has 8 heteroatoms. The van der Waals surface area contributed by atoms with Gasteiger partial charge in [-0.25, -0.2) is 0 Å². The Morgan fingerprint density at radius 1 is 1.06 bits per heavy atom. The molecule has 1 aromatic rings. The van der Waals surface area contributed by atoms with Crippen LogP contribution in [0.2, 0.25) is 0 Å². The molecule has 3 fully saturated rings. The maximum absolute atomic E-state index is 12.9. The number of nitrogens with zero attached hydrogens (tertiary/aromatic N) is 2. The first-order valence-electron chi connectivity index (χ1n) is 12.3. The lowest BCUT2D eigenvalue weighted by Crippen LogP contribution is -2.52. The molecule has 0 spiro atoms.